The van der Waals surface area contributed by atoms with Crippen LogP contribution >= 0.6 is 0 Å². The van der Waals surface area contributed by atoms with E-state index < -0.39 is 22.0 Å². The quantitative estimate of drug-likeness (QED) is 0.843. The van der Waals surface area contributed by atoms with E-state index in [-0.39, 0.29) is 27.8 Å². The summed E-state index contributed by atoms with van der Waals surface area (Å²) in [4.78, 5) is 27.2. The van der Waals surface area contributed by atoms with Crippen molar-refractivity contribution in [3.63, 3.8) is 0 Å². The minimum absolute atomic E-state index is 0.0631. The molecular formula is C19H25N3O4S. The van der Waals surface area contributed by atoms with E-state index in [1.54, 1.807) is 31.9 Å². The molecule has 1 aromatic rings. The van der Waals surface area contributed by atoms with Gasteiger partial charge in [-0.1, -0.05) is 0 Å². The molecule has 4 rings (SSSR count). The molecule has 0 bridgehead atoms. The van der Waals surface area contributed by atoms with Gasteiger partial charge in [-0.2, -0.15) is 0 Å². The van der Waals surface area contributed by atoms with Crippen LogP contribution in [0.15, 0.2) is 23.1 Å². The Labute approximate surface area is 159 Å². The number of piperidine rings is 1. The number of carbonyl (C=O) groups is 2. The minimum Gasteiger partial charge on any atom is -0.338 e. The number of nitrogens with zero attached hydrogens (tertiary/aromatic N) is 2. The van der Waals surface area contributed by atoms with E-state index in [9.17, 15) is 18.0 Å². The summed E-state index contributed by atoms with van der Waals surface area (Å²) in [7, 11) is -2.11. The molecule has 0 aromatic heterocycles. The summed E-state index contributed by atoms with van der Waals surface area (Å²) in [6, 6.07) is 4.08. The summed E-state index contributed by atoms with van der Waals surface area (Å²) in [5.74, 6) is -0.718. The maximum atomic E-state index is 13.1. The highest BCUT2D eigenvalue weighted by molar-refractivity contribution is 7.90. The molecule has 1 aliphatic carbocycles. The molecule has 1 spiro atoms. The topological polar surface area (TPSA) is 86.8 Å². The Morgan fingerprint density at radius 2 is 2.04 bits per heavy atom. The van der Waals surface area contributed by atoms with E-state index in [1.807, 2.05) is 0 Å². The van der Waals surface area contributed by atoms with Crippen molar-refractivity contribution < 1.29 is 18.0 Å². The first kappa shape index (κ1) is 18.4. The van der Waals surface area contributed by atoms with Crippen molar-refractivity contribution in [2.75, 3.05) is 20.1 Å². The Bertz CT molecular complexity index is 921. The number of fused-ring (bicyclic) bond motifs is 1. The first-order valence-corrected chi connectivity index (χ1v) is 10.8. The van der Waals surface area contributed by atoms with E-state index in [0.717, 1.165) is 36.7 Å². The number of rotatable bonds is 3. The Balaban J connectivity index is 1.66. The van der Waals surface area contributed by atoms with E-state index >= 15 is 0 Å². The van der Waals surface area contributed by atoms with Crippen molar-refractivity contribution in [1.29, 1.82) is 0 Å². The van der Waals surface area contributed by atoms with Crippen LogP contribution in [0.5, 0.6) is 0 Å². The first-order valence-electron chi connectivity index (χ1n) is 9.40. The molecule has 2 fully saturated rings. The van der Waals surface area contributed by atoms with Gasteiger partial charge < -0.3 is 10.2 Å². The third-order valence-electron chi connectivity index (χ3n) is 6.12. The van der Waals surface area contributed by atoms with Crippen LogP contribution in [0.1, 0.15) is 53.8 Å². The number of benzene rings is 1. The lowest BCUT2D eigenvalue weighted by atomic mass is 9.88. The molecule has 3 aliphatic rings. The Hall–Kier alpha value is -1.93. The standard InChI is InChI=1S/C19H25N3O4S/c1-12(2)22-18(24)14-5-4-13(10-15(14)27(22,25)26)17(23)21(3)16-6-9-20-11-19(16)7-8-19/h4-5,10,12,16,20H,6-9,11H2,1-3H3. The van der Waals surface area contributed by atoms with E-state index in [2.05, 4.69) is 5.32 Å². The summed E-state index contributed by atoms with van der Waals surface area (Å²) in [6.07, 6.45) is 3.11. The average molecular weight is 391 g/mol. The fourth-order valence-electron chi connectivity index (χ4n) is 4.51. The summed E-state index contributed by atoms with van der Waals surface area (Å²) >= 11 is 0. The predicted octanol–water partition coefficient (Wildman–Crippen LogP) is 1.45. The second-order valence-electron chi connectivity index (χ2n) is 8.17. The van der Waals surface area contributed by atoms with Crippen molar-refractivity contribution >= 4 is 21.8 Å². The van der Waals surface area contributed by atoms with Gasteiger partial charge in [0.25, 0.3) is 21.8 Å². The Morgan fingerprint density at radius 3 is 2.67 bits per heavy atom. The lowest BCUT2D eigenvalue weighted by Gasteiger charge is -2.39. The third-order valence-corrected chi connectivity index (χ3v) is 8.12. The number of amides is 2. The zero-order chi connectivity index (χ0) is 19.6. The lowest BCUT2D eigenvalue weighted by molar-refractivity contribution is 0.0599. The van der Waals surface area contributed by atoms with Crippen molar-refractivity contribution in [3.8, 4) is 0 Å². The first-order chi connectivity index (χ1) is 12.7. The Kier molecular flexibility index (Phi) is 4.12. The molecule has 7 nitrogen and oxygen atoms in total. The molecule has 1 saturated heterocycles. The largest absolute Gasteiger partial charge is 0.338 e. The van der Waals surface area contributed by atoms with Gasteiger partial charge in [0, 0.05) is 36.7 Å². The predicted molar refractivity (Wildman–Crippen MR) is 100.0 cm³/mol. The monoisotopic (exact) mass is 391 g/mol. The maximum Gasteiger partial charge on any atom is 0.269 e. The van der Waals surface area contributed by atoms with Gasteiger partial charge in [0.1, 0.15) is 4.90 Å². The van der Waals surface area contributed by atoms with Crippen molar-refractivity contribution in [3.05, 3.63) is 29.3 Å². The van der Waals surface area contributed by atoms with Gasteiger partial charge in [-0.05, 0) is 57.9 Å². The maximum absolute atomic E-state index is 13.1. The van der Waals surface area contributed by atoms with Crippen LogP contribution < -0.4 is 5.32 Å². The van der Waals surface area contributed by atoms with Crippen LogP contribution in [0.4, 0.5) is 0 Å². The smallest absolute Gasteiger partial charge is 0.269 e. The highest BCUT2D eigenvalue weighted by Crippen LogP contribution is 2.52. The number of sulfonamides is 1. The van der Waals surface area contributed by atoms with E-state index in [1.165, 1.54) is 12.1 Å². The van der Waals surface area contributed by atoms with Crippen molar-refractivity contribution in [2.24, 2.45) is 5.41 Å². The molecule has 2 amide bonds. The molecule has 0 radical (unpaired) electrons. The van der Waals surface area contributed by atoms with Crippen molar-refractivity contribution in [1.82, 2.24) is 14.5 Å². The van der Waals surface area contributed by atoms with Gasteiger partial charge in [-0.25, -0.2) is 12.7 Å². The van der Waals surface area contributed by atoms with Gasteiger partial charge >= 0.3 is 0 Å². The Morgan fingerprint density at radius 1 is 1.33 bits per heavy atom. The summed E-state index contributed by atoms with van der Waals surface area (Å²) in [5, 5.41) is 3.41. The minimum atomic E-state index is -3.91. The molecule has 1 N–H and O–H groups in total. The third kappa shape index (κ3) is 2.69. The average Bonchev–Trinajstić information content (AvgIpc) is 3.35. The highest BCUT2D eigenvalue weighted by Gasteiger charge is 2.52. The molecule has 1 saturated carbocycles. The fourth-order valence-corrected chi connectivity index (χ4v) is 6.30. The van der Waals surface area contributed by atoms with Crippen LogP contribution in [0.2, 0.25) is 0 Å². The molecule has 146 valence electrons. The van der Waals surface area contributed by atoms with Gasteiger partial charge in [0.05, 0.1) is 5.56 Å². The van der Waals surface area contributed by atoms with Crippen molar-refractivity contribution in [2.45, 2.75) is 50.1 Å². The van der Waals surface area contributed by atoms with E-state index in [0.29, 0.717) is 5.56 Å². The van der Waals surface area contributed by atoms with Crippen LogP contribution in [0.25, 0.3) is 0 Å². The molecule has 27 heavy (non-hydrogen) atoms. The molecule has 2 heterocycles. The second-order valence-corrected chi connectivity index (χ2v) is 9.95. The normalized spacial score (nSPS) is 25.0. The molecule has 1 atom stereocenters. The lowest BCUT2D eigenvalue weighted by Crippen LogP contribution is -2.51. The van der Waals surface area contributed by atoms with Crippen LogP contribution in [-0.2, 0) is 10.0 Å². The van der Waals surface area contributed by atoms with Gasteiger partial charge in [-0.15, -0.1) is 0 Å². The number of hydrogen-bond donors (Lipinski definition) is 1. The number of carbonyl (C=O) groups excluding carboxylic acids is 2. The molecule has 1 unspecified atom stereocenters. The summed E-state index contributed by atoms with van der Waals surface area (Å²) in [5.41, 5.74) is 0.617. The number of hydrogen-bond acceptors (Lipinski definition) is 5. The molecule has 8 heteroatoms. The van der Waals surface area contributed by atoms with Gasteiger partial charge in [0.2, 0.25) is 0 Å². The van der Waals surface area contributed by atoms with Gasteiger partial charge in [-0.3, -0.25) is 9.59 Å². The van der Waals surface area contributed by atoms with Crippen LogP contribution in [0.3, 0.4) is 0 Å². The van der Waals surface area contributed by atoms with Gasteiger partial charge in [0.15, 0.2) is 0 Å². The zero-order valence-electron chi connectivity index (χ0n) is 15.9. The molecular weight excluding hydrogens is 366 g/mol. The zero-order valence-corrected chi connectivity index (χ0v) is 16.7. The second kappa shape index (κ2) is 6.04. The summed E-state index contributed by atoms with van der Waals surface area (Å²) < 4.78 is 26.4. The molecule has 2 aliphatic heterocycles. The van der Waals surface area contributed by atoms with Crippen LogP contribution in [-0.4, -0.2) is 61.7 Å². The van der Waals surface area contributed by atoms with E-state index in [4.69, 9.17) is 0 Å². The fraction of sp³-hybridized carbons (Fsp3) is 0.579. The van der Waals surface area contributed by atoms with Crippen LogP contribution in [0, 0.1) is 5.41 Å². The number of nitrogens with one attached hydrogen (secondary N) is 1. The summed E-state index contributed by atoms with van der Waals surface area (Å²) in [6.45, 7) is 5.12. The SMILES string of the molecule is CC(C)N1C(=O)c2ccc(C(=O)N(C)C3CCNCC34CC4)cc2S1(=O)=O. The highest BCUT2D eigenvalue weighted by atomic mass is 32.2. The molecule has 1 aromatic carbocycles.